The van der Waals surface area contributed by atoms with Crippen LogP contribution in [-0.4, -0.2) is 35.0 Å². The van der Waals surface area contributed by atoms with E-state index in [0.29, 0.717) is 25.0 Å². The molecule has 0 saturated heterocycles. The first kappa shape index (κ1) is 28.4. The van der Waals surface area contributed by atoms with Crippen LogP contribution in [0.5, 0.6) is 11.5 Å². The van der Waals surface area contributed by atoms with Crippen LogP contribution in [0.15, 0.2) is 47.1 Å². The van der Waals surface area contributed by atoms with Gasteiger partial charge >= 0.3 is 0 Å². The molecule has 1 aromatic carbocycles. The van der Waals surface area contributed by atoms with E-state index in [1.54, 1.807) is 25.3 Å². The maximum absolute atomic E-state index is 12.4. The molecule has 0 aromatic heterocycles. The molecule has 0 saturated carbocycles. The van der Waals surface area contributed by atoms with Crippen molar-refractivity contribution in [1.29, 1.82) is 0 Å². The lowest BCUT2D eigenvalue weighted by Gasteiger charge is -2.13. The Labute approximate surface area is 198 Å². The number of Topliss-reactive ketones (excluding diaryl/α,β-unsaturated/α-hetero) is 1. The molecule has 2 atom stereocenters. The van der Waals surface area contributed by atoms with Crippen LogP contribution in [0.4, 0.5) is 0 Å². The van der Waals surface area contributed by atoms with Gasteiger partial charge in [-0.1, -0.05) is 35.8 Å². The third kappa shape index (κ3) is 10.2. The summed E-state index contributed by atoms with van der Waals surface area (Å²) in [6.45, 7) is 11.2. The molecular formula is C28H40O5. The molecule has 0 bridgehead atoms. The summed E-state index contributed by atoms with van der Waals surface area (Å²) in [6.07, 6.45) is 7.22. The van der Waals surface area contributed by atoms with Crippen molar-refractivity contribution in [3.8, 4) is 11.5 Å². The Bertz CT molecular complexity index is 916. The minimum Gasteiger partial charge on any atom is -0.507 e. The lowest BCUT2D eigenvalue weighted by Crippen LogP contribution is -2.25. The first-order valence-corrected chi connectivity index (χ1v) is 11.5. The number of aromatic hydroxyl groups is 1. The second-order valence-corrected chi connectivity index (χ2v) is 9.22. The topological polar surface area (TPSA) is 83.8 Å². The van der Waals surface area contributed by atoms with E-state index in [-0.39, 0.29) is 23.2 Å². The van der Waals surface area contributed by atoms with Crippen molar-refractivity contribution in [2.24, 2.45) is 5.92 Å². The number of rotatable bonds is 13. The number of aliphatic hydroxyl groups is 1. The Balaban J connectivity index is 2.56. The summed E-state index contributed by atoms with van der Waals surface area (Å²) in [5, 5.41) is 20.2. The van der Waals surface area contributed by atoms with Crippen LogP contribution in [0.3, 0.4) is 0 Å². The molecular weight excluding hydrogens is 416 g/mol. The first-order valence-electron chi connectivity index (χ1n) is 11.5. The average molecular weight is 457 g/mol. The quantitative estimate of drug-likeness (QED) is 0.289. The van der Waals surface area contributed by atoms with Gasteiger partial charge in [0, 0.05) is 17.9 Å². The molecule has 1 unspecified atom stereocenters. The van der Waals surface area contributed by atoms with E-state index >= 15 is 0 Å². The van der Waals surface area contributed by atoms with Crippen LogP contribution >= 0.6 is 0 Å². The number of aryl methyl sites for hydroxylation is 1. The van der Waals surface area contributed by atoms with Gasteiger partial charge in [-0.05, 0) is 84.1 Å². The zero-order chi connectivity index (χ0) is 25.1. The number of ketones is 2. The van der Waals surface area contributed by atoms with Crippen LogP contribution in [0.25, 0.3) is 0 Å². The van der Waals surface area contributed by atoms with Gasteiger partial charge in [-0.3, -0.25) is 9.59 Å². The molecule has 0 heterocycles. The summed E-state index contributed by atoms with van der Waals surface area (Å²) in [6, 6.07) is 3.59. The summed E-state index contributed by atoms with van der Waals surface area (Å²) in [4.78, 5) is 24.6. The summed E-state index contributed by atoms with van der Waals surface area (Å²) in [7, 11) is 1.59. The van der Waals surface area contributed by atoms with Gasteiger partial charge in [-0.15, -0.1) is 0 Å². The lowest BCUT2D eigenvalue weighted by molar-refractivity contribution is -0.128. The number of ether oxygens (including phenoxy) is 1. The predicted molar refractivity (Wildman–Crippen MR) is 134 cm³/mol. The second kappa shape index (κ2) is 13.8. The number of allylic oxidation sites excluding steroid dienone is 5. The maximum Gasteiger partial charge on any atom is 0.167 e. The zero-order valence-electron chi connectivity index (χ0n) is 21.2. The van der Waals surface area contributed by atoms with Gasteiger partial charge in [-0.2, -0.15) is 0 Å². The van der Waals surface area contributed by atoms with E-state index in [0.717, 1.165) is 40.7 Å². The van der Waals surface area contributed by atoms with E-state index in [1.165, 1.54) is 0 Å². The first-order chi connectivity index (χ1) is 15.4. The van der Waals surface area contributed by atoms with Gasteiger partial charge in [0.15, 0.2) is 11.6 Å². The molecule has 1 aromatic rings. The molecule has 0 aliphatic heterocycles. The largest absolute Gasteiger partial charge is 0.507 e. The number of methoxy groups -OCH3 is 1. The van der Waals surface area contributed by atoms with E-state index < -0.39 is 6.10 Å². The van der Waals surface area contributed by atoms with Crippen molar-refractivity contribution in [2.75, 3.05) is 7.11 Å². The monoisotopic (exact) mass is 456 g/mol. The summed E-state index contributed by atoms with van der Waals surface area (Å²) in [5.74, 6) is 0.606. The van der Waals surface area contributed by atoms with Gasteiger partial charge in [0.2, 0.25) is 0 Å². The molecule has 5 heteroatoms. The number of phenols is 1. The molecule has 0 aliphatic carbocycles. The minimum atomic E-state index is -1.04. The van der Waals surface area contributed by atoms with Crippen molar-refractivity contribution in [1.82, 2.24) is 0 Å². The highest BCUT2D eigenvalue weighted by Crippen LogP contribution is 2.28. The maximum atomic E-state index is 12.4. The van der Waals surface area contributed by atoms with E-state index in [1.807, 2.05) is 53.7 Å². The number of aliphatic hydroxyl groups excluding tert-OH is 1. The van der Waals surface area contributed by atoms with Gasteiger partial charge in [0.1, 0.15) is 17.6 Å². The fourth-order valence-corrected chi connectivity index (χ4v) is 3.64. The smallest absolute Gasteiger partial charge is 0.167 e. The molecule has 0 spiro atoms. The third-order valence-electron chi connectivity index (χ3n) is 5.60. The normalized spacial score (nSPS) is 13.9. The van der Waals surface area contributed by atoms with Crippen molar-refractivity contribution in [2.45, 2.75) is 79.8 Å². The van der Waals surface area contributed by atoms with Gasteiger partial charge < -0.3 is 14.9 Å². The second-order valence-electron chi connectivity index (χ2n) is 9.22. The molecule has 2 N–H and O–H groups in total. The van der Waals surface area contributed by atoms with Crippen LogP contribution < -0.4 is 4.74 Å². The Morgan fingerprint density at radius 3 is 2.39 bits per heavy atom. The average Bonchev–Trinajstić information content (AvgIpc) is 2.73. The molecule has 5 nitrogen and oxygen atoms in total. The number of phenolic OH excluding ortho intramolecular Hbond substituents is 1. The molecule has 0 amide bonds. The Hall–Kier alpha value is -2.66. The van der Waals surface area contributed by atoms with Gasteiger partial charge in [0.05, 0.1) is 7.11 Å². The van der Waals surface area contributed by atoms with E-state index in [2.05, 4.69) is 0 Å². The molecule has 182 valence electrons. The minimum absolute atomic E-state index is 0.0374. The number of carbonyl (C=O) groups excluding carboxylic acids is 2. The third-order valence-corrected chi connectivity index (χ3v) is 5.60. The SMILES string of the molecule is COc1cc(C)c(O)c(C/C=C(\C)CC(=O)/C=C(\C)CCCC(C)C(=O)[C@@H](O)C=C(C)C)c1. The van der Waals surface area contributed by atoms with Gasteiger partial charge in [-0.25, -0.2) is 0 Å². The van der Waals surface area contributed by atoms with Crippen molar-refractivity contribution < 1.29 is 24.5 Å². The zero-order valence-corrected chi connectivity index (χ0v) is 21.2. The molecule has 33 heavy (non-hydrogen) atoms. The summed E-state index contributed by atoms with van der Waals surface area (Å²) < 4.78 is 5.27. The van der Waals surface area contributed by atoms with Crippen LogP contribution in [0, 0.1) is 12.8 Å². The predicted octanol–water partition coefficient (Wildman–Crippen LogP) is 5.81. The molecule has 0 radical (unpaired) electrons. The number of carbonyl (C=O) groups is 2. The summed E-state index contributed by atoms with van der Waals surface area (Å²) >= 11 is 0. The highest BCUT2D eigenvalue weighted by atomic mass is 16.5. The number of hydrogen-bond acceptors (Lipinski definition) is 5. The van der Waals surface area contributed by atoms with E-state index in [4.69, 9.17) is 4.74 Å². The van der Waals surface area contributed by atoms with Crippen LogP contribution in [-0.2, 0) is 16.0 Å². The number of hydrogen-bond donors (Lipinski definition) is 2. The van der Waals surface area contributed by atoms with E-state index in [9.17, 15) is 19.8 Å². The van der Waals surface area contributed by atoms with Gasteiger partial charge in [0.25, 0.3) is 0 Å². The molecule has 0 aliphatic rings. The lowest BCUT2D eigenvalue weighted by atomic mass is 9.94. The van der Waals surface area contributed by atoms with Crippen molar-refractivity contribution in [3.05, 3.63) is 58.2 Å². The number of benzene rings is 1. The molecule has 1 rings (SSSR count). The van der Waals surface area contributed by atoms with Crippen LogP contribution in [0.2, 0.25) is 0 Å². The standard InChI is InChI=1S/C28H40O5/c1-18(2)13-26(30)28(32)21(5)10-8-9-19(3)14-24(29)15-20(4)11-12-23-17-25(33-7)16-22(6)27(23)31/h11,13-14,16-17,21,26,30-31H,8-10,12,15H2,1-7H3/b19-14+,20-11+/t21?,26-/m0/s1. The fraction of sp³-hybridized carbons (Fsp3) is 0.500. The van der Waals surface area contributed by atoms with Crippen molar-refractivity contribution in [3.63, 3.8) is 0 Å². The fourth-order valence-electron chi connectivity index (χ4n) is 3.64. The summed E-state index contributed by atoms with van der Waals surface area (Å²) in [5.41, 5.74) is 4.37. The Morgan fingerprint density at radius 1 is 1.12 bits per heavy atom. The van der Waals surface area contributed by atoms with Crippen molar-refractivity contribution >= 4 is 11.6 Å². The Morgan fingerprint density at radius 2 is 1.79 bits per heavy atom. The Kier molecular flexibility index (Phi) is 11.9. The highest BCUT2D eigenvalue weighted by molar-refractivity contribution is 5.92. The molecule has 0 fully saturated rings. The van der Waals surface area contributed by atoms with Crippen LogP contribution in [0.1, 0.15) is 71.4 Å². The highest BCUT2D eigenvalue weighted by Gasteiger charge is 2.19.